The number of halogens is 1. The molecule has 2 aromatic rings. The molecule has 3 rings (SSSR count). The molecular weight excluding hydrogens is 332 g/mol. The Balaban J connectivity index is 1.62. The molecule has 0 bridgehead atoms. The number of carbonyl (C=O) groups is 2. The predicted molar refractivity (Wildman–Crippen MR) is 91.9 cm³/mol. The fourth-order valence-electron chi connectivity index (χ4n) is 2.78. The molecule has 4 nitrogen and oxygen atoms in total. The summed E-state index contributed by atoms with van der Waals surface area (Å²) >= 11 is 7.59. The van der Waals surface area contributed by atoms with Gasteiger partial charge in [-0.2, -0.15) is 0 Å². The van der Waals surface area contributed by atoms with Gasteiger partial charge in [-0.1, -0.05) is 11.6 Å². The summed E-state index contributed by atoms with van der Waals surface area (Å²) in [4.78, 5) is 27.3. The van der Waals surface area contributed by atoms with Crippen LogP contribution in [0.15, 0.2) is 35.7 Å². The topological polar surface area (TPSA) is 54.0 Å². The molecule has 1 aromatic carbocycles. The zero-order chi connectivity index (χ0) is 16.4. The molecule has 1 aromatic heterocycles. The Hall–Kier alpha value is -1.69. The van der Waals surface area contributed by atoms with Crippen LogP contribution in [0.4, 0.5) is 5.69 Å². The van der Waals surface area contributed by atoms with Crippen LogP contribution in [0.5, 0.6) is 0 Å². The minimum absolute atomic E-state index is 0.139. The van der Waals surface area contributed by atoms with E-state index in [0.717, 1.165) is 13.0 Å². The Morgan fingerprint density at radius 2 is 2.00 bits per heavy atom. The van der Waals surface area contributed by atoms with Crippen LogP contribution in [-0.4, -0.2) is 24.4 Å². The number of thiophene rings is 1. The molecule has 0 aliphatic carbocycles. The highest BCUT2D eigenvalue weighted by molar-refractivity contribution is 7.10. The van der Waals surface area contributed by atoms with Crippen LogP contribution < -0.4 is 10.2 Å². The number of hydrogen-bond acceptors (Lipinski definition) is 3. The van der Waals surface area contributed by atoms with Crippen molar-refractivity contribution in [3.63, 3.8) is 0 Å². The third-order valence-corrected chi connectivity index (χ3v) is 5.39. The molecular formula is C17H18ClN2O2S+. The second-order valence-electron chi connectivity index (χ2n) is 5.66. The molecule has 1 saturated heterocycles. The zero-order valence-electron chi connectivity index (χ0n) is 12.8. The van der Waals surface area contributed by atoms with Gasteiger partial charge in [-0.25, -0.2) is 4.90 Å². The summed E-state index contributed by atoms with van der Waals surface area (Å²) < 4.78 is 0. The number of nitrogens with zero attached hydrogens (tertiary/aromatic N) is 1. The Bertz CT molecular complexity index is 726. The highest BCUT2D eigenvalue weighted by Gasteiger charge is 2.42. The van der Waals surface area contributed by atoms with Crippen LogP contribution in [0.25, 0.3) is 0 Å². The van der Waals surface area contributed by atoms with Crippen molar-refractivity contribution in [2.24, 2.45) is 0 Å². The van der Waals surface area contributed by atoms with Gasteiger partial charge in [-0.15, -0.1) is 11.3 Å². The molecule has 1 atom stereocenters. The van der Waals surface area contributed by atoms with Crippen molar-refractivity contribution in [1.82, 2.24) is 0 Å². The maximum atomic E-state index is 12.5. The smallest absolute Gasteiger partial charge is 0.292 e. The lowest BCUT2D eigenvalue weighted by Gasteiger charge is -2.14. The molecule has 1 aliphatic rings. The number of imide groups is 1. The van der Waals surface area contributed by atoms with E-state index < -0.39 is 0 Å². The number of hydrogen-bond donors (Lipinski definition) is 1. The van der Waals surface area contributed by atoms with E-state index >= 15 is 0 Å². The minimum atomic E-state index is -0.321. The second-order valence-corrected chi connectivity index (χ2v) is 7.09. The van der Waals surface area contributed by atoms with Crippen molar-refractivity contribution in [3.8, 4) is 0 Å². The summed E-state index contributed by atoms with van der Waals surface area (Å²) in [5.41, 5.74) is 1.88. The van der Waals surface area contributed by atoms with Crippen LogP contribution in [0.1, 0.15) is 16.9 Å². The Kier molecular flexibility index (Phi) is 4.80. The first-order valence-corrected chi connectivity index (χ1v) is 8.80. The molecule has 0 unspecified atom stereocenters. The monoisotopic (exact) mass is 349 g/mol. The van der Waals surface area contributed by atoms with Gasteiger partial charge in [0.25, 0.3) is 5.91 Å². The Morgan fingerprint density at radius 3 is 2.65 bits per heavy atom. The molecule has 23 heavy (non-hydrogen) atoms. The maximum Gasteiger partial charge on any atom is 0.292 e. The number of rotatable bonds is 5. The summed E-state index contributed by atoms with van der Waals surface area (Å²) in [7, 11) is 0. The molecule has 1 fully saturated rings. The summed E-state index contributed by atoms with van der Waals surface area (Å²) in [6.07, 6.45) is 1.17. The van der Waals surface area contributed by atoms with Gasteiger partial charge in [0, 0.05) is 16.3 Å². The van der Waals surface area contributed by atoms with E-state index in [0.29, 0.717) is 10.7 Å². The number of amides is 2. The van der Waals surface area contributed by atoms with Gasteiger partial charge in [0.2, 0.25) is 5.91 Å². The lowest BCUT2D eigenvalue weighted by atomic mass is 10.2. The van der Waals surface area contributed by atoms with Gasteiger partial charge in [-0.3, -0.25) is 9.59 Å². The highest BCUT2D eigenvalue weighted by Crippen LogP contribution is 2.23. The van der Waals surface area contributed by atoms with E-state index in [-0.39, 0.29) is 24.3 Å². The standard InChI is InChI=1S/C17H17ClN2O2S/c1-11-7-9-23-15(11)6-8-19-14-10-16(21)20(17(14)22)13-4-2-12(18)3-5-13/h2-5,7,9,14,19H,6,8,10H2,1H3/p+1/t14-/m1/s1. The van der Waals surface area contributed by atoms with E-state index in [1.807, 2.05) is 5.32 Å². The molecule has 2 amide bonds. The van der Waals surface area contributed by atoms with E-state index in [1.54, 1.807) is 35.6 Å². The molecule has 0 radical (unpaired) electrons. The third kappa shape index (κ3) is 3.47. The lowest BCUT2D eigenvalue weighted by Crippen LogP contribution is -2.92. The van der Waals surface area contributed by atoms with Crippen molar-refractivity contribution in [2.75, 3.05) is 11.4 Å². The number of carbonyl (C=O) groups excluding carboxylic acids is 2. The van der Waals surface area contributed by atoms with E-state index in [1.165, 1.54) is 15.3 Å². The highest BCUT2D eigenvalue weighted by atomic mass is 35.5. The number of benzene rings is 1. The SMILES string of the molecule is Cc1ccsc1CC[NH2+][C@@H]1CC(=O)N(c2ccc(Cl)cc2)C1=O. The van der Waals surface area contributed by atoms with Crippen LogP contribution in [0.3, 0.4) is 0 Å². The average Bonchev–Trinajstić information content (AvgIpc) is 3.05. The summed E-state index contributed by atoms with van der Waals surface area (Å²) in [5.74, 6) is -0.286. The second kappa shape index (κ2) is 6.83. The van der Waals surface area contributed by atoms with E-state index in [4.69, 9.17) is 11.6 Å². The maximum absolute atomic E-state index is 12.5. The molecule has 6 heteroatoms. The number of quaternary nitrogens is 1. The minimum Gasteiger partial charge on any atom is -0.335 e. The van der Waals surface area contributed by atoms with Crippen LogP contribution >= 0.6 is 22.9 Å². The van der Waals surface area contributed by atoms with Crippen molar-refractivity contribution in [2.45, 2.75) is 25.8 Å². The molecule has 120 valence electrons. The largest absolute Gasteiger partial charge is 0.335 e. The molecule has 2 heterocycles. The molecule has 2 N–H and O–H groups in total. The first-order valence-electron chi connectivity index (χ1n) is 7.55. The van der Waals surface area contributed by atoms with Gasteiger partial charge in [0.15, 0.2) is 6.04 Å². The number of aryl methyl sites for hydroxylation is 1. The van der Waals surface area contributed by atoms with Crippen LogP contribution in [0.2, 0.25) is 5.02 Å². The normalized spacial score (nSPS) is 18.0. The Morgan fingerprint density at radius 1 is 1.26 bits per heavy atom. The van der Waals surface area contributed by atoms with E-state index in [9.17, 15) is 9.59 Å². The van der Waals surface area contributed by atoms with Crippen LogP contribution in [-0.2, 0) is 16.0 Å². The fraction of sp³-hybridized carbons (Fsp3) is 0.294. The number of nitrogens with two attached hydrogens (primary N) is 1. The lowest BCUT2D eigenvalue weighted by molar-refractivity contribution is -0.674. The first-order chi connectivity index (χ1) is 11.1. The van der Waals surface area contributed by atoms with Crippen molar-refractivity contribution in [1.29, 1.82) is 0 Å². The summed E-state index contributed by atoms with van der Waals surface area (Å²) in [6.45, 7) is 2.90. The summed E-state index contributed by atoms with van der Waals surface area (Å²) in [6, 6.07) is 8.57. The van der Waals surface area contributed by atoms with Crippen molar-refractivity contribution in [3.05, 3.63) is 51.2 Å². The molecule has 0 spiro atoms. The van der Waals surface area contributed by atoms with Crippen LogP contribution in [0, 0.1) is 6.92 Å². The molecule has 1 aliphatic heterocycles. The molecule has 0 saturated carbocycles. The van der Waals surface area contributed by atoms with E-state index in [2.05, 4.69) is 18.4 Å². The fourth-order valence-corrected chi connectivity index (χ4v) is 3.83. The van der Waals surface area contributed by atoms with Gasteiger partial charge in [-0.05, 0) is 48.2 Å². The van der Waals surface area contributed by atoms with Crippen molar-refractivity contribution < 1.29 is 14.9 Å². The van der Waals surface area contributed by atoms with Gasteiger partial charge < -0.3 is 5.32 Å². The summed E-state index contributed by atoms with van der Waals surface area (Å²) in [5, 5.41) is 4.65. The predicted octanol–water partition coefficient (Wildman–Crippen LogP) is 2.15. The number of anilines is 1. The quantitative estimate of drug-likeness (QED) is 0.841. The average molecular weight is 350 g/mol. The van der Waals surface area contributed by atoms with Gasteiger partial charge >= 0.3 is 0 Å². The first kappa shape index (κ1) is 16.2. The third-order valence-electron chi connectivity index (χ3n) is 4.06. The van der Waals surface area contributed by atoms with Gasteiger partial charge in [0.05, 0.1) is 18.7 Å². The van der Waals surface area contributed by atoms with Crippen molar-refractivity contribution >= 4 is 40.4 Å². The van der Waals surface area contributed by atoms with Gasteiger partial charge in [0.1, 0.15) is 0 Å². The Labute approximate surface area is 144 Å². The zero-order valence-corrected chi connectivity index (χ0v) is 14.4.